The fraction of sp³-hybridized carbons (Fsp3) is 0.533. The van der Waals surface area contributed by atoms with Gasteiger partial charge in [-0.1, -0.05) is 19.1 Å². The molecule has 1 saturated heterocycles. The van der Waals surface area contributed by atoms with Crippen molar-refractivity contribution in [2.45, 2.75) is 50.0 Å². The average molecular weight is 311 g/mol. The maximum Gasteiger partial charge on any atom is 0.303 e. The Balaban J connectivity index is 2.18. The summed E-state index contributed by atoms with van der Waals surface area (Å²) in [4.78, 5) is 11.0. The molecule has 0 aliphatic carbocycles. The first kappa shape index (κ1) is 16.0. The van der Waals surface area contributed by atoms with Gasteiger partial charge in [0, 0.05) is 19.0 Å². The monoisotopic (exact) mass is 311 g/mol. The SMILES string of the molecule is CCc1ccc(S(=O)(=O)N2CCCC2CCC(=O)O)cc1. The van der Waals surface area contributed by atoms with Crippen LogP contribution >= 0.6 is 0 Å². The zero-order chi connectivity index (χ0) is 15.5. The van der Waals surface area contributed by atoms with E-state index in [-0.39, 0.29) is 12.5 Å². The smallest absolute Gasteiger partial charge is 0.303 e. The summed E-state index contributed by atoms with van der Waals surface area (Å²) in [6.45, 7) is 2.49. The number of sulfonamides is 1. The number of benzene rings is 1. The summed E-state index contributed by atoms with van der Waals surface area (Å²) in [5, 5.41) is 8.77. The fourth-order valence-electron chi connectivity index (χ4n) is 2.74. The molecule has 0 spiro atoms. The van der Waals surface area contributed by atoms with E-state index in [0.717, 1.165) is 24.8 Å². The minimum atomic E-state index is -3.52. The maximum absolute atomic E-state index is 12.7. The van der Waals surface area contributed by atoms with Crippen molar-refractivity contribution in [1.29, 1.82) is 0 Å². The van der Waals surface area contributed by atoms with Crippen LogP contribution in [0.5, 0.6) is 0 Å². The predicted octanol–water partition coefficient (Wildman–Crippen LogP) is 2.27. The molecule has 2 rings (SSSR count). The Labute approximate surface area is 125 Å². The minimum absolute atomic E-state index is 0.00542. The van der Waals surface area contributed by atoms with Crippen molar-refractivity contribution in [3.8, 4) is 0 Å². The Morgan fingerprint density at radius 1 is 1.33 bits per heavy atom. The van der Waals surface area contributed by atoms with E-state index in [2.05, 4.69) is 0 Å². The minimum Gasteiger partial charge on any atom is -0.481 e. The topological polar surface area (TPSA) is 74.7 Å². The lowest BCUT2D eigenvalue weighted by molar-refractivity contribution is -0.137. The molecule has 0 aromatic heterocycles. The van der Waals surface area contributed by atoms with Gasteiger partial charge in [0.2, 0.25) is 10.0 Å². The summed E-state index contributed by atoms with van der Waals surface area (Å²) in [6, 6.07) is 6.74. The standard InChI is InChI=1S/C15H21NO4S/c1-2-12-5-8-14(9-6-12)21(19,20)16-11-3-4-13(16)7-10-15(17)18/h5-6,8-9,13H,2-4,7,10-11H2,1H3,(H,17,18). The first-order valence-corrected chi connectivity index (χ1v) is 8.71. The van der Waals surface area contributed by atoms with Crippen LogP contribution in [0.15, 0.2) is 29.2 Å². The van der Waals surface area contributed by atoms with Gasteiger partial charge in [-0.2, -0.15) is 4.31 Å². The number of carboxylic acids is 1. The van der Waals surface area contributed by atoms with Gasteiger partial charge in [0.05, 0.1) is 4.90 Å². The second kappa shape index (κ2) is 6.58. The van der Waals surface area contributed by atoms with Crippen molar-refractivity contribution >= 4 is 16.0 Å². The van der Waals surface area contributed by atoms with Gasteiger partial charge in [0.15, 0.2) is 0 Å². The highest BCUT2D eigenvalue weighted by molar-refractivity contribution is 7.89. The molecule has 1 unspecified atom stereocenters. The van der Waals surface area contributed by atoms with Gasteiger partial charge in [-0.15, -0.1) is 0 Å². The molecular formula is C15H21NO4S. The summed E-state index contributed by atoms with van der Waals surface area (Å²) in [5.74, 6) is -0.883. The van der Waals surface area contributed by atoms with E-state index in [1.54, 1.807) is 12.1 Å². The van der Waals surface area contributed by atoms with Gasteiger partial charge in [-0.25, -0.2) is 8.42 Å². The molecule has 21 heavy (non-hydrogen) atoms. The van der Waals surface area contributed by atoms with E-state index in [1.165, 1.54) is 4.31 Å². The predicted molar refractivity (Wildman–Crippen MR) is 79.6 cm³/mol. The van der Waals surface area contributed by atoms with E-state index in [9.17, 15) is 13.2 Å². The molecule has 1 aromatic rings. The second-order valence-corrected chi connectivity index (χ2v) is 7.23. The van der Waals surface area contributed by atoms with Crippen LogP contribution in [0.4, 0.5) is 0 Å². The van der Waals surface area contributed by atoms with Gasteiger partial charge < -0.3 is 5.11 Å². The molecule has 1 aromatic carbocycles. The lowest BCUT2D eigenvalue weighted by Gasteiger charge is -2.23. The van der Waals surface area contributed by atoms with Gasteiger partial charge in [0.1, 0.15) is 0 Å². The summed E-state index contributed by atoms with van der Waals surface area (Å²) in [5.41, 5.74) is 1.10. The van der Waals surface area contributed by atoms with Gasteiger partial charge in [0.25, 0.3) is 0 Å². The Morgan fingerprint density at radius 2 is 2.00 bits per heavy atom. The van der Waals surface area contributed by atoms with E-state index in [0.29, 0.717) is 17.9 Å². The highest BCUT2D eigenvalue weighted by Gasteiger charge is 2.35. The van der Waals surface area contributed by atoms with Gasteiger partial charge in [-0.05, 0) is 43.4 Å². The summed E-state index contributed by atoms with van der Waals surface area (Å²) in [6.07, 6.45) is 2.77. The number of hydrogen-bond donors (Lipinski definition) is 1. The van der Waals surface area contributed by atoms with E-state index in [4.69, 9.17) is 5.11 Å². The summed E-state index contributed by atoms with van der Waals surface area (Å²) >= 11 is 0. The molecule has 1 atom stereocenters. The Bertz CT molecular complexity index is 595. The third-order valence-electron chi connectivity index (χ3n) is 3.95. The number of hydrogen-bond acceptors (Lipinski definition) is 3. The lowest BCUT2D eigenvalue weighted by atomic mass is 10.1. The van der Waals surface area contributed by atoms with E-state index in [1.807, 2.05) is 19.1 Å². The van der Waals surface area contributed by atoms with Crippen LogP contribution in [0.1, 0.15) is 38.2 Å². The zero-order valence-electron chi connectivity index (χ0n) is 12.2. The Hall–Kier alpha value is -1.40. The molecule has 5 nitrogen and oxygen atoms in total. The van der Waals surface area contributed by atoms with E-state index < -0.39 is 16.0 Å². The van der Waals surface area contributed by atoms with Crippen molar-refractivity contribution in [3.05, 3.63) is 29.8 Å². The van der Waals surface area contributed by atoms with E-state index >= 15 is 0 Å². The van der Waals surface area contributed by atoms with Gasteiger partial charge >= 0.3 is 5.97 Å². The van der Waals surface area contributed by atoms with Crippen LogP contribution in [0.2, 0.25) is 0 Å². The molecular weight excluding hydrogens is 290 g/mol. The third kappa shape index (κ3) is 3.63. The Morgan fingerprint density at radius 3 is 2.57 bits per heavy atom. The quantitative estimate of drug-likeness (QED) is 0.874. The molecule has 1 fully saturated rings. The van der Waals surface area contributed by atoms with Crippen LogP contribution < -0.4 is 0 Å². The van der Waals surface area contributed by atoms with Crippen LogP contribution in [0.3, 0.4) is 0 Å². The third-order valence-corrected chi connectivity index (χ3v) is 5.92. The zero-order valence-corrected chi connectivity index (χ0v) is 13.0. The summed E-state index contributed by atoms with van der Waals surface area (Å²) < 4.78 is 26.8. The van der Waals surface area contributed by atoms with Crippen molar-refractivity contribution in [3.63, 3.8) is 0 Å². The molecule has 0 amide bonds. The number of carboxylic acid groups (broad SMARTS) is 1. The largest absolute Gasteiger partial charge is 0.481 e. The summed E-state index contributed by atoms with van der Waals surface area (Å²) in [7, 11) is -3.52. The highest BCUT2D eigenvalue weighted by Crippen LogP contribution is 2.28. The number of nitrogens with zero attached hydrogens (tertiary/aromatic N) is 1. The number of carbonyl (C=O) groups is 1. The molecule has 116 valence electrons. The van der Waals surface area contributed by atoms with Crippen LogP contribution in [-0.2, 0) is 21.2 Å². The lowest BCUT2D eigenvalue weighted by Crippen LogP contribution is -2.35. The van der Waals surface area contributed by atoms with Gasteiger partial charge in [-0.3, -0.25) is 4.79 Å². The molecule has 0 saturated carbocycles. The first-order valence-electron chi connectivity index (χ1n) is 7.27. The number of rotatable bonds is 6. The molecule has 1 N–H and O–H groups in total. The van der Waals surface area contributed by atoms with Crippen LogP contribution in [0, 0.1) is 0 Å². The molecule has 1 aliphatic rings. The molecule has 1 heterocycles. The highest BCUT2D eigenvalue weighted by atomic mass is 32.2. The number of aliphatic carboxylic acids is 1. The second-order valence-electron chi connectivity index (χ2n) is 5.34. The number of aryl methyl sites for hydroxylation is 1. The maximum atomic E-state index is 12.7. The molecule has 1 aliphatic heterocycles. The van der Waals surface area contributed by atoms with Crippen molar-refractivity contribution in [2.24, 2.45) is 0 Å². The van der Waals surface area contributed by atoms with Crippen LogP contribution in [-0.4, -0.2) is 36.4 Å². The van der Waals surface area contributed by atoms with Crippen molar-refractivity contribution in [2.75, 3.05) is 6.54 Å². The fourth-order valence-corrected chi connectivity index (χ4v) is 4.46. The molecule has 6 heteroatoms. The normalized spacial score (nSPS) is 19.8. The van der Waals surface area contributed by atoms with Crippen LogP contribution in [0.25, 0.3) is 0 Å². The Kier molecular flexibility index (Phi) is 5.00. The molecule has 0 radical (unpaired) electrons. The average Bonchev–Trinajstić information content (AvgIpc) is 2.94. The van der Waals surface area contributed by atoms with Crippen molar-refractivity contribution < 1.29 is 18.3 Å². The van der Waals surface area contributed by atoms with Crippen molar-refractivity contribution in [1.82, 2.24) is 4.31 Å². The molecule has 0 bridgehead atoms. The first-order chi connectivity index (χ1) is 9.95.